The SMILES string of the molecule is CN1C=CN(CCCCOS(=O)[O-])C1. The first-order valence-electron chi connectivity index (χ1n) is 4.53. The second-order valence-electron chi connectivity index (χ2n) is 3.24. The van der Waals surface area contributed by atoms with Crippen LogP contribution in [0.25, 0.3) is 0 Å². The van der Waals surface area contributed by atoms with Gasteiger partial charge in [0.2, 0.25) is 0 Å². The molecule has 1 rings (SSSR count). The molecule has 0 N–H and O–H groups in total. The Hall–Kier alpha value is -0.590. The Morgan fingerprint density at radius 2 is 2.29 bits per heavy atom. The molecule has 0 aromatic heterocycles. The third kappa shape index (κ3) is 4.59. The number of nitrogens with zero attached hydrogens (tertiary/aromatic N) is 2. The summed E-state index contributed by atoms with van der Waals surface area (Å²) in [5.41, 5.74) is 0. The molecule has 6 heteroatoms. The summed E-state index contributed by atoms with van der Waals surface area (Å²) in [6.07, 6.45) is 5.76. The lowest BCUT2D eigenvalue weighted by Crippen LogP contribution is -2.23. The van der Waals surface area contributed by atoms with Crippen LogP contribution in [0.4, 0.5) is 0 Å². The monoisotopic (exact) mass is 219 g/mol. The van der Waals surface area contributed by atoms with Crippen LogP contribution in [0.3, 0.4) is 0 Å². The van der Waals surface area contributed by atoms with E-state index in [4.69, 9.17) is 0 Å². The van der Waals surface area contributed by atoms with Gasteiger partial charge in [0.05, 0.1) is 24.6 Å². The second kappa shape index (κ2) is 6.00. The van der Waals surface area contributed by atoms with Gasteiger partial charge in [-0.05, 0) is 12.8 Å². The average molecular weight is 219 g/mol. The van der Waals surface area contributed by atoms with E-state index in [0.29, 0.717) is 0 Å². The summed E-state index contributed by atoms with van der Waals surface area (Å²) in [6.45, 7) is 2.13. The minimum absolute atomic E-state index is 0.281. The largest absolute Gasteiger partial charge is 0.750 e. The van der Waals surface area contributed by atoms with Crippen LogP contribution < -0.4 is 0 Å². The number of hydrogen-bond donors (Lipinski definition) is 0. The van der Waals surface area contributed by atoms with Crippen LogP contribution in [0.2, 0.25) is 0 Å². The van der Waals surface area contributed by atoms with Crippen molar-refractivity contribution in [1.29, 1.82) is 0 Å². The summed E-state index contributed by atoms with van der Waals surface area (Å²) in [6, 6.07) is 0. The molecule has 5 nitrogen and oxygen atoms in total. The van der Waals surface area contributed by atoms with Crippen molar-refractivity contribution in [3.63, 3.8) is 0 Å². The minimum Gasteiger partial charge on any atom is -0.750 e. The number of hydrogen-bond acceptors (Lipinski definition) is 5. The highest BCUT2D eigenvalue weighted by molar-refractivity contribution is 7.74. The molecule has 0 spiro atoms. The van der Waals surface area contributed by atoms with E-state index in [-0.39, 0.29) is 6.61 Å². The molecule has 1 heterocycles. The van der Waals surface area contributed by atoms with E-state index in [1.165, 1.54) is 0 Å². The highest BCUT2D eigenvalue weighted by Crippen LogP contribution is 2.05. The Kier molecular flexibility index (Phi) is 4.92. The summed E-state index contributed by atoms with van der Waals surface area (Å²) in [7, 11) is 2.01. The van der Waals surface area contributed by atoms with Crippen molar-refractivity contribution >= 4 is 11.4 Å². The van der Waals surface area contributed by atoms with Crippen LogP contribution in [-0.2, 0) is 15.5 Å². The maximum Gasteiger partial charge on any atom is 0.0890 e. The van der Waals surface area contributed by atoms with Gasteiger partial charge in [-0.3, -0.25) is 0 Å². The zero-order valence-electron chi connectivity index (χ0n) is 8.22. The van der Waals surface area contributed by atoms with Crippen molar-refractivity contribution in [3.8, 4) is 0 Å². The minimum atomic E-state index is -2.36. The average Bonchev–Trinajstić information content (AvgIpc) is 2.50. The zero-order chi connectivity index (χ0) is 10.4. The molecule has 0 saturated heterocycles. The molecule has 0 aliphatic carbocycles. The molecule has 1 aliphatic heterocycles. The van der Waals surface area contributed by atoms with Gasteiger partial charge >= 0.3 is 0 Å². The number of rotatable bonds is 6. The molecule has 0 saturated carbocycles. The molecule has 0 aromatic rings. The highest BCUT2D eigenvalue weighted by Gasteiger charge is 2.06. The topological polar surface area (TPSA) is 55.8 Å². The van der Waals surface area contributed by atoms with E-state index in [1.807, 2.05) is 19.4 Å². The molecule has 0 amide bonds. The van der Waals surface area contributed by atoms with Gasteiger partial charge in [-0.15, -0.1) is 0 Å². The van der Waals surface area contributed by atoms with E-state index in [0.717, 1.165) is 26.1 Å². The molecule has 1 unspecified atom stereocenters. The van der Waals surface area contributed by atoms with Gasteiger partial charge in [0.25, 0.3) is 0 Å². The second-order valence-corrected chi connectivity index (χ2v) is 3.89. The van der Waals surface area contributed by atoms with E-state index in [1.54, 1.807) is 0 Å². The van der Waals surface area contributed by atoms with Crippen molar-refractivity contribution in [2.24, 2.45) is 0 Å². The van der Waals surface area contributed by atoms with Crippen LogP contribution >= 0.6 is 0 Å². The predicted octanol–water partition coefficient (Wildman–Crippen LogP) is 0.253. The maximum atomic E-state index is 10.0. The van der Waals surface area contributed by atoms with Gasteiger partial charge in [0.1, 0.15) is 0 Å². The molecule has 0 aromatic carbocycles. The van der Waals surface area contributed by atoms with Gasteiger partial charge in [0, 0.05) is 26.0 Å². The highest BCUT2D eigenvalue weighted by atomic mass is 32.2. The first-order chi connectivity index (χ1) is 6.68. The van der Waals surface area contributed by atoms with Gasteiger partial charge in [-0.1, -0.05) is 0 Å². The van der Waals surface area contributed by atoms with Crippen LogP contribution in [-0.4, -0.2) is 45.4 Å². The van der Waals surface area contributed by atoms with E-state index in [2.05, 4.69) is 14.0 Å². The number of unbranched alkanes of at least 4 members (excludes halogenated alkanes) is 1. The van der Waals surface area contributed by atoms with E-state index in [9.17, 15) is 8.76 Å². The lowest BCUT2D eigenvalue weighted by molar-refractivity contribution is 0.264. The summed E-state index contributed by atoms with van der Waals surface area (Å²) in [5, 5.41) is 0. The maximum absolute atomic E-state index is 10.0. The van der Waals surface area contributed by atoms with E-state index < -0.39 is 11.4 Å². The fourth-order valence-corrected chi connectivity index (χ4v) is 1.53. The van der Waals surface area contributed by atoms with Crippen LogP contribution in [0.1, 0.15) is 12.8 Å². The normalized spacial score (nSPS) is 17.9. The van der Waals surface area contributed by atoms with Crippen LogP contribution in [0, 0.1) is 0 Å². The molecule has 1 atom stereocenters. The lowest BCUT2D eigenvalue weighted by atomic mass is 10.3. The molecule has 0 fully saturated rings. The summed E-state index contributed by atoms with van der Waals surface area (Å²) in [5.74, 6) is 0. The molecule has 1 aliphatic rings. The third-order valence-electron chi connectivity index (χ3n) is 1.96. The third-order valence-corrected chi connectivity index (χ3v) is 2.32. The van der Waals surface area contributed by atoms with Crippen LogP contribution in [0.5, 0.6) is 0 Å². The first-order valence-corrected chi connectivity index (χ1v) is 5.53. The Morgan fingerprint density at radius 3 is 2.86 bits per heavy atom. The van der Waals surface area contributed by atoms with Gasteiger partial charge in [-0.25, -0.2) is 4.21 Å². The quantitative estimate of drug-likeness (QED) is 0.473. The van der Waals surface area contributed by atoms with Crippen molar-refractivity contribution in [3.05, 3.63) is 12.4 Å². The van der Waals surface area contributed by atoms with Gasteiger partial charge in [0.15, 0.2) is 0 Å². The van der Waals surface area contributed by atoms with Crippen molar-refractivity contribution in [2.45, 2.75) is 12.8 Å². The van der Waals surface area contributed by atoms with Crippen molar-refractivity contribution in [1.82, 2.24) is 9.80 Å². The lowest BCUT2D eigenvalue weighted by Gasteiger charge is -2.17. The van der Waals surface area contributed by atoms with Crippen LogP contribution in [0.15, 0.2) is 12.4 Å². The fourth-order valence-electron chi connectivity index (χ4n) is 1.28. The smallest absolute Gasteiger partial charge is 0.0890 e. The zero-order valence-corrected chi connectivity index (χ0v) is 9.03. The fraction of sp³-hybridized carbons (Fsp3) is 0.750. The van der Waals surface area contributed by atoms with Crippen molar-refractivity contribution in [2.75, 3.05) is 26.9 Å². The van der Waals surface area contributed by atoms with Crippen molar-refractivity contribution < 1.29 is 12.9 Å². The first kappa shape index (κ1) is 11.5. The Morgan fingerprint density at radius 1 is 1.50 bits per heavy atom. The van der Waals surface area contributed by atoms with Gasteiger partial charge < -0.3 is 18.5 Å². The molecule has 0 bridgehead atoms. The Labute approximate surface area is 86.8 Å². The predicted molar refractivity (Wildman–Crippen MR) is 52.6 cm³/mol. The Balaban J connectivity index is 1.94. The summed E-state index contributed by atoms with van der Waals surface area (Å²) in [4.78, 5) is 4.26. The summed E-state index contributed by atoms with van der Waals surface area (Å²) >= 11 is -2.36. The molecular weight excluding hydrogens is 204 g/mol. The van der Waals surface area contributed by atoms with E-state index >= 15 is 0 Å². The van der Waals surface area contributed by atoms with Gasteiger partial charge in [-0.2, -0.15) is 0 Å². The molecule has 14 heavy (non-hydrogen) atoms. The molecular formula is C8H15N2O3S-. The molecule has 0 radical (unpaired) electrons. The Bertz CT molecular complexity index is 223. The standard InChI is InChI=1S/C8H16N2O3S/c1-9-5-6-10(8-9)4-2-3-7-13-14(11)12/h5-6H,2-4,7-8H2,1H3,(H,11,12)/p-1. The summed E-state index contributed by atoms with van der Waals surface area (Å²) < 4.78 is 24.4. The molecule has 82 valence electrons.